The van der Waals surface area contributed by atoms with Crippen LogP contribution in [0.3, 0.4) is 0 Å². The lowest BCUT2D eigenvalue weighted by atomic mass is 10.2. The molecular weight excluding hydrogens is 325 g/mol. The quantitative estimate of drug-likeness (QED) is 0.827. The lowest BCUT2D eigenvalue weighted by molar-refractivity contribution is -0.138. The van der Waals surface area contributed by atoms with Gasteiger partial charge in [0.25, 0.3) is 11.8 Å². The molecule has 2 N–H and O–H groups in total. The third kappa shape index (κ3) is 3.40. The summed E-state index contributed by atoms with van der Waals surface area (Å²) in [7, 11) is 0. The van der Waals surface area contributed by atoms with Crippen LogP contribution in [-0.2, 0) is 15.8 Å². The maximum atomic E-state index is 12.7. The summed E-state index contributed by atoms with van der Waals surface area (Å²) in [6.45, 7) is -0.601. The van der Waals surface area contributed by atoms with Crippen molar-refractivity contribution in [1.29, 1.82) is 0 Å². The number of benzene rings is 1. The van der Waals surface area contributed by atoms with Crippen LogP contribution in [-0.4, -0.2) is 35.0 Å². The highest BCUT2D eigenvalue weighted by Crippen LogP contribution is 2.33. The number of anilines is 1. The van der Waals surface area contributed by atoms with Crippen LogP contribution in [0.4, 0.5) is 18.9 Å². The van der Waals surface area contributed by atoms with Gasteiger partial charge >= 0.3 is 6.18 Å². The van der Waals surface area contributed by atoms with Gasteiger partial charge in [0.05, 0.1) is 18.7 Å². The number of alkyl halides is 3. The number of rotatable bonds is 4. The number of nitrogens with zero attached hydrogens (tertiary/aromatic N) is 1. The predicted molar refractivity (Wildman–Crippen MR) is 72.0 cm³/mol. The molecule has 0 saturated carbocycles. The monoisotopic (exact) mass is 334 g/mol. The molecule has 2 rings (SSSR count). The van der Waals surface area contributed by atoms with Crippen molar-refractivity contribution in [3.05, 3.63) is 40.6 Å². The SMILES string of the molecule is O=C1C=C(Nc2cc(Cl)cc(C(F)(F)F)c2)C(=O)N1CCO. The molecule has 0 radical (unpaired) electrons. The number of aliphatic hydroxyl groups is 1. The van der Waals surface area contributed by atoms with E-state index < -0.39 is 30.2 Å². The molecule has 22 heavy (non-hydrogen) atoms. The Morgan fingerprint density at radius 1 is 1.23 bits per heavy atom. The van der Waals surface area contributed by atoms with E-state index in [4.69, 9.17) is 16.7 Å². The van der Waals surface area contributed by atoms with E-state index in [2.05, 4.69) is 5.32 Å². The Morgan fingerprint density at radius 3 is 2.50 bits per heavy atom. The van der Waals surface area contributed by atoms with Crippen molar-refractivity contribution in [3.8, 4) is 0 Å². The second kappa shape index (κ2) is 5.98. The Morgan fingerprint density at radius 2 is 1.91 bits per heavy atom. The van der Waals surface area contributed by atoms with Gasteiger partial charge in [-0.2, -0.15) is 13.2 Å². The summed E-state index contributed by atoms with van der Waals surface area (Å²) in [4.78, 5) is 24.2. The van der Waals surface area contributed by atoms with Crippen LogP contribution in [0.1, 0.15) is 5.56 Å². The number of carbonyl (C=O) groups is 2. The molecule has 0 bridgehead atoms. The minimum Gasteiger partial charge on any atom is -0.395 e. The fourth-order valence-electron chi connectivity index (χ4n) is 1.89. The zero-order valence-corrected chi connectivity index (χ0v) is 11.7. The topological polar surface area (TPSA) is 69.6 Å². The van der Waals surface area contributed by atoms with Gasteiger partial charge in [-0.1, -0.05) is 11.6 Å². The van der Waals surface area contributed by atoms with Crippen molar-refractivity contribution in [2.75, 3.05) is 18.5 Å². The van der Waals surface area contributed by atoms with Gasteiger partial charge in [0.15, 0.2) is 0 Å². The molecule has 118 valence electrons. The molecule has 1 aromatic rings. The van der Waals surface area contributed by atoms with Gasteiger partial charge in [0, 0.05) is 16.8 Å². The molecule has 0 saturated heterocycles. The first-order valence-corrected chi connectivity index (χ1v) is 6.43. The Hall–Kier alpha value is -2.06. The van der Waals surface area contributed by atoms with Crippen molar-refractivity contribution in [1.82, 2.24) is 4.90 Å². The molecule has 0 aromatic heterocycles. The van der Waals surface area contributed by atoms with E-state index in [-0.39, 0.29) is 23.0 Å². The maximum absolute atomic E-state index is 12.7. The third-order valence-electron chi connectivity index (χ3n) is 2.84. The number of nitrogens with one attached hydrogen (secondary N) is 1. The first kappa shape index (κ1) is 16.3. The minimum atomic E-state index is -4.59. The molecule has 5 nitrogen and oxygen atoms in total. The molecule has 9 heteroatoms. The molecule has 0 unspecified atom stereocenters. The van der Waals surface area contributed by atoms with Gasteiger partial charge in [-0.15, -0.1) is 0 Å². The number of aliphatic hydroxyl groups excluding tert-OH is 1. The molecule has 0 atom stereocenters. The molecule has 0 fully saturated rings. The van der Waals surface area contributed by atoms with Gasteiger partial charge in [-0.05, 0) is 18.2 Å². The Balaban J connectivity index is 2.25. The third-order valence-corrected chi connectivity index (χ3v) is 3.06. The summed E-state index contributed by atoms with van der Waals surface area (Å²) in [6.07, 6.45) is -3.64. The van der Waals surface area contributed by atoms with Crippen LogP contribution in [0.25, 0.3) is 0 Å². The largest absolute Gasteiger partial charge is 0.416 e. The fraction of sp³-hybridized carbons (Fsp3) is 0.231. The first-order chi connectivity index (χ1) is 10.2. The lowest BCUT2D eigenvalue weighted by Gasteiger charge is -2.14. The van der Waals surface area contributed by atoms with E-state index in [1.54, 1.807) is 0 Å². The molecule has 1 aliphatic rings. The Labute approximate surface area is 128 Å². The van der Waals surface area contributed by atoms with Crippen molar-refractivity contribution in [3.63, 3.8) is 0 Å². The standard InChI is InChI=1S/C13H10ClF3N2O3/c14-8-3-7(13(15,16)17)4-9(5-8)18-10-6-11(21)19(1-2-20)12(10)22/h3-6,18,20H,1-2H2. The van der Waals surface area contributed by atoms with E-state index in [0.29, 0.717) is 0 Å². The molecule has 0 aliphatic carbocycles. The zero-order valence-electron chi connectivity index (χ0n) is 10.9. The molecule has 2 amide bonds. The summed E-state index contributed by atoms with van der Waals surface area (Å²) in [5.41, 5.74) is -1.24. The van der Waals surface area contributed by atoms with Crippen LogP contribution in [0.5, 0.6) is 0 Å². The normalized spacial score (nSPS) is 15.3. The van der Waals surface area contributed by atoms with Crippen molar-refractivity contribution in [2.45, 2.75) is 6.18 Å². The summed E-state index contributed by atoms with van der Waals surface area (Å²) in [5, 5.41) is 11.0. The van der Waals surface area contributed by atoms with E-state index >= 15 is 0 Å². The van der Waals surface area contributed by atoms with Gasteiger partial charge in [0.2, 0.25) is 0 Å². The number of halogens is 4. The average molecular weight is 335 g/mol. The van der Waals surface area contributed by atoms with Crippen LogP contribution >= 0.6 is 11.6 Å². The average Bonchev–Trinajstić information content (AvgIpc) is 2.65. The Bertz CT molecular complexity index is 658. The van der Waals surface area contributed by atoms with Crippen LogP contribution in [0.15, 0.2) is 30.0 Å². The van der Waals surface area contributed by atoms with Gasteiger partial charge < -0.3 is 10.4 Å². The second-order valence-electron chi connectivity index (χ2n) is 4.43. The number of hydrogen-bond donors (Lipinski definition) is 2. The number of amides is 2. The first-order valence-electron chi connectivity index (χ1n) is 6.05. The zero-order chi connectivity index (χ0) is 16.5. The number of β-amino-alcohol motifs (C(OH)–C–C–N with tert-alkyl or cyclic N) is 1. The van der Waals surface area contributed by atoms with E-state index in [1.165, 1.54) is 6.07 Å². The Kier molecular flexibility index (Phi) is 4.43. The number of imide groups is 1. The fourth-order valence-corrected chi connectivity index (χ4v) is 2.13. The van der Waals surface area contributed by atoms with Crippen molar-refractivity contribution < 1.29 is 27.9 Å². The minimum absolute atomic E-state index is 0.0712. The van der Waals surface area contributed by atoms with Crippen LogP contribution < -0.4 is 5.32 Å². The smallest absolute Gasteiger partial charge is 0.395 e. The van der Waals surface area contributed by atoms with Gasteiger partial charge in [0.1, 0.15) is 5.70 Å². The summed E-state index contributed by atoms with van der Waals surface area (Å²) < 4.78 is 38.1. The van der Waals surface area contributed by atoms with E-state index in [1.807, 2.05) is 0 Å². The summed E-state index contributed by atoms with van der Waals surface area (Å²) >= 11 is 5.63. The maximum Gasteiger partial charge on any atom is 0.416 e. The number of carbonyl (C=O) groups excluding carboxylic acids is 2. The van der Waals surface area contributed by atoms with Crippen LogP contribution in [0, 0.1) is 0 Å². The molecular formula is C13H10ClF3N2O3. The lowest BCUT2D eigenvalue weighted by Crippen LogP contribution is -2.34. The molecule has 1 heterocycles. The van der Waals surface area contributed by atoms with Gasteiger partial charge in [-0.3, -0.25) is 14.5 Å². The number of hydrogen-bond acceptors (Lipinski definition) is 4. The van der Waals surface area contributed by atoms with E-state index in [9.17, 15) is 22.8 Å². The molecule has 1 aromatic carbocycles. The van der Waals surface area contributed by atoms with Crippen molar-refractivity contribution >= 4 is 29.1 Å². The highest BCUT2D eigenvalue weighted by atomic mass is 35.5. The highest BCUT2D eigenvalue weighted by molar-refractivity contribution is 6.31. The predicted octanol–water partition coefficient (Wildman–Crippen LogP) is 2.02. The van der Waals surface area contributed by atoms with Crippen LogP contribution in [0.2, 0.25) is 5.02 Å². The summed E-state index contributed by atoms with van der Waals surface area (Å²) in [6, 6.07) is 2.73. The molecule has 1 aliphatic heterocycles. The summed E-state index contributed by atoms with van der Waals surface area (Å²) in [5.74, 6) is -1.38. The van der Waals surface area contributed by atoms with Gasteiger partial charge in [-0.25, -0.2) is 0 Å². The molecule has 0 spiro atoms. The van der Waals surface area contributed by atoms with Crippen molar-refractivity contribution in [2.24, 2.45) is 0 Å². The second-order valence-corrected chi connectivity index (χ2v) is 4.86. The van der Waals surface area contributed by atoms with E-state index in [0.717, 1.165) is 23.1 Å². The highest BCUT2D eigenvalue weighted by Gasteiger charge is 2.33.